The van der Waals surface area contributed by atoms with Crippen LogP contribution >= 0.6 is 0 Å². The molecule has 3 aromatic rings. The molecule has 0 fully saturated rings. The molecule has 0 aliphatic rings. The number of nitrogens with zero attached hydrogens (tertiary/aromatic N) is 1. The molecule has 2 heteroatoms. The largest absolute Gasteiger partial charge is 0.493 e. The van der Waals surface area contributed by atoms with Crippen molar-refractivity contribution in [3.8, 4) is 5.75 Å². The van der Waals surface area contributed by atoms with Gasteiger partial charge in [-0.3, -0.25) is 0 Å². The van der Waals surface area contributed by atoms with Crippen LogP contribution in [0.15, 0.2) is 72.8 Å². The molecule has 0 heterocycles. The fourth-order valence-electron chi connectivity index (χ4n) is 3.59. The first-order valence-corrected chi connectivity index (χ1v) is 10.3. The van der Waals surface area contributed by atoms with Gasteiger partial charge in [-0.15, -0.1) is 0 Å². The van der Waals surface area contributed by atoms with Crippen molar-refractivity contribution in [3.05, 3.63) is 83.9 Å². The fourth-order valence-corrected chi connectivity index (χ4v) is 3.59. The van der Waals surface area contributed by atoms with Crippen molar-refractivity contribution in [2.45, 2.75) is 46.5 Å². The zero-order chi connectivity index (χ0) is 19.8. The summed E-state index contributed by atoms with van der Waals surface area (Å²) < 4.78 is 6.14. The van der Waals surface area contributed by atoms with E-state index < -0.39 is 0 Å². The third-order valence-corrected chi connectivity index (χ3v) is 4.98. The SMILES string of the molecule is CCCCCCOc1c(C)cc(N(c2ccccc2)c2ccccc2)cc1C. The average Bonchev–Trinajstić information content (AvgIpc) is 2.71. The molecular weight excluding hydrogens is 342 g/mol. The van der Waals surface area contributed by atoms with Gasteiger partial charge >= 0.3 is 0 Å². The summed E-state index contributed by atoms with van der Waals surface area (Å²) in [7, 11) is 0. The van der Waals surface area contributed by atoms with E-state index in [2.05, 4.69) is 98.5 Å². The van der Waals surface area contributed by atoms with Crippen LogP contribution in [0.25, 0.3) is 0 Å². The quantitative estimate of drug-likeness (QED) is 0.356. The summed E-state index contributed by atoms with van der Waals surface area (Å²) in [5, 5.41) is 0. The molecule has 0 atom stereocenters. The number of hydrogen-bond donors (Lipinski definition) is 0. The maximum absolute atomic E-state index is 6.14. The van der Waals surface area contributed by atoms with Crippen LogP contribution < -0.4 is 9.64 Å². The third-order valence-electron chi connectivity index (χ3n) is 4.98. The van der Waals surface area contributed by atoms with E-state index in [1.807, 2.05) is 0 Å². The van der Waals surface area contributed by atoms with E-state index in [0.717, 1.165) is 35.8 Å². The molecule has 3 rings (SSSR count). The van der Waals surface area contributed by atoms with Crippen LogP contribution in [0.5, 0.6) is 5.75 Å². The first-order chi connectivity index (χ1) is 13.7. The summed E-state index contributed by atoms with van der Waals surface area (Å²) in [6.07, 6.45) is 4.89. The Bertz CT molecular complexity index is 796. The summed E-state index contributed by atoms with van der Waals surface area (Å²) in [4.78, 5) is 2.30. The van der Waals surface area contributed by atoms with E-state index in [9.17, 15) is 0 Å². The van der Waals surface area contributed by atoms with Crippen molar-refractivity contribution < 1.29 is 4.74 Å². The zero-order valence-electron chi connectivity index (χ0n) is 17.3. The minimum atomic E-state index is 0.794. The topological polar surface area (TPSA) is 12.5 Å². The Morgan fingerprint density at radius 2 is 1.21 bits per heavy atom. The molecule has 0 unspecified atom stereocenters. The Hall–Kier alpha value is -2.74. The van der Waals surface area contributed by atoms with Gasteiger partial charge in [0.25, 0.3) is 0 Å². The van der Waals surface area contributed by atoms with E-state index in [4.69, 9.17) is 4.74 Å². The van der Waals surface area contributed by atoms with Crippen molar-refractivity contribution in [3.63, 3.8) is 0 Å². The number of para-hydroxylation sites is 2. The Kier molecular flexibility index (Phi) is 7.13. The lowest BCUT2D eigenvalue weighted by Crippen LogP contribution is -2.11. The summed E-state index contributed by atoms with van der Waals surface area (Å²) >= 11 is 0. The third kappa shape index (κ3) is 4.95. The highest BCUT2D eigenvalue weighted by Gasteiger charge is 2.15. The summed E-state index contributed by atoms with van der Waals surface area (Å²) in [6, 6.07) is 25.5. The van der Waals surface area contributed by atoms with Gasteiger partial charge in [0, 0.05) is 17.1 Å². The second-order valence-corrected chi connectivity index (χ2v) is 7.32. The molecule has 0 aromatic heterocycles. The maximum Gasteiger partial charge on any atom is 0.125 e. The highest BCUT2D eigenvalue weighted by molar-refractivity contribution is 5.77. The number of ether oxygens (including phenoxy) is 1. The van der Waals surface area contributed by atoms with Crippen LogP contribution in [0.4, 0.5) is 17.1 Å². The van der Waals surface area contributed by atoms with Gasteiger partial charge in [-0.1, -0.05) is 62.6 Å². The van der Waals surface area contributed by atoms with Crippen LogP contribution in [-0.4, -0.2) is 6.61 Å². The predicted molar refractivity (Wildman–Crippen MR) is 120 cm³/mol. The highest BCUT2D eigenvalue weighted by Crippen LogP contribution is 2.37. The first kappa shape index (κ1) is 20.0. The van der Waals surface area contributed by atoms with Crippen molar-refractivity contribution in [1.29, 1.82) is 0 Å². The van der Waals surface area contributed by atoms with Crippen molar-refractivity contribution >= 4 is 17.1 Å². The smallest absolute Gasteiger partial charge is 0.125 e. The van der Waals surface area contributed by atoms with E-state index in [0.29, 0.717) is 0 Å². The second-order valence-electron chi connectivity index (χ2n) is 7.32. The Balaban J connectivity index is 1.89. The van der Waals surface area contributed by atoms with Crippen LogP contribution in [0.1, 0.15) is 43.7 Å². The van der Waals surface area contributed by atoms with E-state index in [1.54, 1.807) is 0 Å². The van der Waals surface area contributed by atoms with Gasteiger partial charge in [-0.2, -0.15) is 0 Å². The number of aryl methyl sites for hydroxylation is 2. The predicted octanol–water partition coefficient (Wildman–Crippen LogP) is 7.73. The Labute approximate surface area is 169 Å². The molecule has 0 saturated heterocycles. The van der Waals surface area contributed by atoms with E-state index in [-0.39, 0.29) is 0 Å². The average molecular weight is 374 g/mol. The molecule has 0 N–H and O–H groups in total. The molecule has 0 saturated carbocycles. The molecule has 2 nitrogen and oxygen atoms in total. The Morgan fingerprint density at radius 3 is 1.71 bits per heavy atom. The molecule has 3 aromatic carbocycles. The lowest BCUT2D eigenvalue weighted by Gasteiger charge is -2.27. The molecule has 0 spiro atoms. The van der Waals surface area contributed by atoms with Gasteiger partial charge in [-0.05, 0) is 67.8 Å². The van der Waals surface area contributed by atoms with Gasteiger partial charge in [0.2, 0.25) is 0 Å². The molecule has 28 heavy (non-hydrogen) atoms. The monoisotopic (exact) mass is 373 g/mol. The molecule has 0 bridgehead atoms. The number of unbranched alkanes of at least 4 members (excludes halogenated alkanes) is 3. The minimum absolute atomic E-state index is 0.794. The molecule has 0 amide bonds. The number of rotatable bonds is 9. The maximum atomic E-state index is 6.14. The van der Waals surface area contributed by atoms with Gasteiger partial charge < -0.3 is 9.64 Å². The highest BCUT2D eigenvalue weighted by atomic mass is 16.5. The molecular formula is C26H31NO. The Morgan fingerprint density at radius 1 is 0.679 bits per heavy atom. The first-order valence-electron chi connectivity index (χ1n) is 10.3. The van der Waals surface area contributed by atoms with Gasteiger partial charge in [-0.25, -0.2) is 0 Å². The number of hydrogen-bond acceptors (Lipinski definition) is 2. The lowest BCUT2D eigenvalue weighted by atomic mass is 10.1. The van der Waals surface area contributed by atoms with Crippen LogP contribution in [-0.2, 0) is 0 Å². The molecule has 0 aliphatic heterocycles. The van der Waals surface area contributed by atoms with Gasteiger partial charge in [0.15, 0.2) is 0 Å². The van der Waals surface area contributed by atoms with E-state index >= 15 is 0 Å². The van der Waals surface area contributed by atoms with E-state index in [1.165, 1.54) is 30.4 Å². The van der Waals surface area contributed by atoms with Crippen LogP contribution in [0, 0.1) is 13.8 Å². The van der Waals surface area contributed by atoms with Crippen molar-refractivity contribution in [2.75, 3.05) is 11.5 Å². The lowest BCUT2D eigenvalue weighted by molar-refractivity contribution is 0.301. The second kappa shape index (κ2) is 9.98. The van der Waals surface area contributed by atoms with Gasteiger partial charge in [0.05, 0.1) is 6.61 Å². The fraction of sp³-hybridized carbons (Fsp3) is 0.308. The minimum Gasteiger partial charge on any atom is -0.493 e. The number of anilines is 3. The summed E-state index contributed by atoms with van der Waals surface area (Å²) in [5.41, 5.74) is 5.83. The number of benzene rings is 3. The standard InChI is InChI=1S/C26H31NO/c1-4-5-6-13-18-28-26-21(2)19-25(20-22(26)3)27(23-14-9-7-10-15-23)24-16-11-8-12-17-24/h7-12,14-17,19-20H,4-6,13,18H2,1-3H3. The van der Waals surface area contributed by atoms with Gasteiger partial charge in [0.1, 0.15) is 5.75 Å². The van der Waals surface area contributed by atoms with Crippen LogP contribution in [0.3, 0.4) is 0 Å². The molecule has 0 aliphatic carbocycles. The zero-order valence-corrected chi connectivity index (χ0v) is 17.3. The molecule has 0 radical (unpaired) electrons. The van der Waals surface area contributed by atoms with Crippen molar-refractivity contribution in [1.82, 2.24) is 0 Å². The molecule has 146 valence electrons. The normalized spacial score (nSPS) is 10.7. The van der Waals surface area contributed by atoms with Crippen molar-refractivity contribution in [2.24, 2.45) is 0 Å². The van der Waals surface area contributed by atoms with Crippen LogP contribution in [0.2, 0.25) is 0 Å². The summed E-state index contributed by atoms with van der Waals surface area (Å²) in [5.74, 6) is 1.03. The summed E-state index contributed by atoms with van der Waals surface area (Å²) in [6.45, 7) is 7.32.